The van der Waals surface area contributed by atoms with E-state index in [9.17, 15) is 27.1 Å². The van der Waals surface area contributed by atoms with Crippen molar-refractivity contribution in [3.63, 3.8) is 0 Å². The van der Waals surface area contributed by atoms with Crippen LogP contribution >= 0.6 is 11.6 Å². The molecule has 0 radical (unpaired) electrons. The van der Waals surface area contributed by atoms with Crippen LogP contribution in [0.25, 0.3) is 11.5 Å². The molecule has 1 unspecified atom stereocenters. The number of nitrogens with zero attached hydrogens (tertiary/aromatic N) is 4. The van der Waals surface area contributed by atoms with E-state index in [4.69, 9.17) is 21.8 Å². The number of aromatic nitrogens is 2. The van der Waals surface area contributed by atoms with Crippen molar-refractivity contribution < 1.29 is 35.9 Å². The Labute approximate surface area is 232 Å². The monoisotopic (exact) mass is 599 g/mol. The minimum absolute atomic E-state index is 0.0284. The number of hydrogen-bond acceptors (Lipinski definition) is 9. The minimum Gasteiger partial charge on any atom is -0.420 e. The van der Waals surface area contributed by atoms with Crippen LogP contribution in [0.4, 0.5) is 18.9 Å². The Morgan fingerprint density at radius 2 is 1.93 bits per heavy atom. The molecule has 0 saturated carbocycles. The van der Waals surface area contributed by atoms with Gasteiger partial charge in [0.25, 0.3) is 11.8 Å². The number of aliphatic hydroxyl groups excluding tert-OH is 1. The maximum absolute atomic E-state index is 15.4. The summed E-state index contributed by atoms with van der Waals surface area (Å²) in [4.78, 5) is 15.3. The molecule has 1 saturated heterocycles. The fourth-order valence-electron chi connectivity index (χ4n) is 5.00. The normalized spacial score (nSPS) is 22.6. The van der Waals surface area contributed by atoms with Gasteiger partial charge in [-0.2, -0.15) is 0 Å². The molecular formula is C25H25ClF3N5O5S. The van der Waals surface area contributed by atoms with Crippen molar-refractivity contribution in [3.05, 3.63) is 58.7 Å². The van der Waals surface area contributed by atoms with Gasteiger partial charge in [0.15, 0.2) is 9.84 Å². The van der Waals surface area contributed by atoms with Gasteiger partial charge in [0.2, 0.25) is 11.8 Å². The summed E-state index contributed by atoms with van der Waals surface area (Å²) in [6, 6.07) is 6.97. The molecular weight excluding hydrogens is 575 g/mol. The number of benzene rings is 2. The molecule has 15 heteroatoms. The lowest BCUT2D eigenvalue weighted by molar-refractivity contribution is -0.119. The zero-order chi connectivity index (χ0) is 28.8. The minimum atomic E-state index is -4.18. The first-order chi connectivity index (χ1) is 18.9. The topological polar surface area (TPSA) is 143 Å². The molecule has 3 aromatic rings. The summed E-state index contributed by atoms with van der Waals surface area (Å²) in [6.07, 6.45) is -0.581. The van der Waals surface area contributed by atoms with Crippen LogP contribution in [0.15, 0.2) is 45.7 Å². The molecule has 0 spiro atoms. The van der Waals surface area contributed by atoms with Crippen molar-refractivity contribution in [1.82, 2.24) is 15.1 Å². The second-order valence-electron chi connectivity index (χ2n) is 9.90. The second-order valence-corrected chi connectivity index (χ2v) is 12.3. The van der Waals surface area contributed by atoms with Gasteiger partial charge in [-0.15, -0.1) is 10.2 Å². The molecule has 0 bridgehead atoms. The van der Waals surface area contributed by atoms with Crippen LogP contribution in [0.5, 0.6) is 0 Å². The van der Waals surface area contributed by atoms with Crippen LogP contribution in [0.1, 0.15) is 23.8 Å². The Morgan fingerprint density at radius 1 is 1.20 bits per heavy atom. The highest BCUT2D eigenvalue weighted by molar-refractivity contribution is 7.91. The number of amides is 1. The van der Waals surface area contributed by atoms with E-state index in [2.05, 4.69) is 10.2 Å². The number of piperidine rings is 1. The fraction of sp³-hybridized carbons (Fsp3) is 0.400. The van der Waals surface area contributed by atoms with Crippen LogP contribution in [0, 0.1) is 5.82 Å². The maximum Gasteiger partial charge on any atom is 0.261 e. The fourth-order valence-corrected chi connectivity index (χ4v) is 6.69. The lowest BCUT2D eigenvalue weighted by Crippen LogP contribution is -2.47. The van der Waals surface area contributed by atoms with E-state index in [1.807, 2.05) is 0 Å². The SMILES string of the molecule is N[C@H]1CS(=O)(=O)c2cc(F)c(-c3nnc(C4CN(CCO)CC(F)(F)C4)o3)cc2N(Cc2ccc(Cl)cc2)C1=O. The second kappa shape index (κ2) is 10.7. The molecule has 214 valence electrons. The summed E-state index contributed by atoms with van der Waals surface area (Å²) < 4.78 is 75.8. The van der Waals surface area contributed by atoms with Gasteiger partial charge in [-0.25, -0.2) is 21.6 Å². The third-order valence-corrected chi connectivity index (χ3v) is 8.87. The number of β-amino-alcohol motifs (C(OH)–C–C–N with tert-alkyl or cyclic N) is 1. The zero-order valence-electron chi connectivity index (χ0n) is 20.9. The number of rotatable bonds is 6. The Hall–Kier alpha value is -3.04. The average Bonchev–Trinajstić information content (AvgIpc) is 3.35. The molecule has 3 heterocycles. The standard InChI is InChI=1S/C25H25ClF3N5O5S/c26-16-3-1-14(2-4-16)10-34-20-7-17(18(27)8-21(20)40(37,38)12-19(30)24(34)36)23-32-31-22(39-23)15-9-25(28,29)13-33(11-15)5-6-35/h1-4,7-8,15,19,35H,5-6,9-13,30H2/t15?,19-/m0/s1. The number of anilines is 1. The molecule has 3 N–H and O–H groups in total. The summed E-state index contributed by atoms with van der Waals surface area (Å²) in [5.41, 5.74) is 6.08. The molecule has 10 nitrogen and oxygen atoms in total. The third kappa shape index (κ3) is 5.72. The summed E-state index contributed by atoms with van der Waals surface area (Å²) >= 11 is 5.95. The molecule has 2 aliphatic rings. The number of carbonyl (C=O) groups is 1. The number of carbonyl (C=O) groups excluding carboxylic acids is 1. The van der Waals surface area contributed by atoms with Gasteiger partial charge in [-0.05, 0) is 29.8 Å². The molecule has 2 atom stereocenters. The van der Waals surface area contributed by atoms with E-state index in [0.29, 0.717) is 10.6 Å². The van der Waals surface area contributed by atoms with Gasteiger partial charge in [0.05, 0.1) is 53.6 Å². The molecule has 1 amide bonds. The third-order valence-electron chi connectivity index (χ3n) is 6.83. The van der Waals surface area contributed by atoms with Crippen molar-refractivity contribution in [2.75, 3.05) is 36.9 Å². The Bertz CT molecular complexity index is 1540. The highest BCUT2D eigenvalue weighted by Gasteiger charge is 2.43. The number of hydrogen-bond donors (Lipinski definition) is 2. The number of halogens is 4. The summed E-state index contributed by atoms with van der Waals surface area (Å²) in [5, 5.41) is 17.3. The van der Waals surface area contributed by atoms with Gasteiger partial charge >= 0.3 is 0 Å². The van der Waals surface area contributed by atoms with Crippen molar-refractivity contribution in [2.45, 2.75) is 35.7 Å². The highest BCUT2D eigenvalue weighted by Crippen LogP contribution is 2.39. The predicted molar refractivity (Wildman–Crippen MR) is 138 cm³/mol. The van der Waals surface area contributed by atoms with Gasteiger partial charge < -0.3 is 20.2 Å². The van der Waals surface area contributed by atoms with Crippen molar-refractivity contribution in [1.29, 1.82) is 0 Å². The zero-order valence-corrected chi connectivity index (χ0v) is 22.5. The molecule has 1 aromatic heterocycles. The number of alkyl halides is 2. The van der Waals surface area contributed by atoms with E-state index in [-0.39, 0.29) is 49.3 Å². The van der Waals surface area contributed by atoms with Crippen LogP contribution in [-0.4, -0.2) is 78.5 Å². The molecule has 2 aliphatic heterocycles. The lowest BCUT2D eigenvalue weighted by Gasteiger charge is -2.35. The van der Waals surface area contributed by atoms with Crippen molar-refractivity contribution >= 4 is 33.0 Å². The molecule has 40 heavy (non-hydrogen) atoms. The first kappa shape index (κ1) is 28.5. The summed E-state index contributed by atoms with van der Waals surface area (Å²) in [6.45, 7) is -0.788. The Balaban J connectivity index is 1.55. The van der Waals surface area contributed by atoms with E-state index in [0.717, 1.165) is 17.0 Å². The maximum atomic E-state index is 15.4. The largest absolute Gasteiger partial charge is 0.420 e. The van der Waals surface area contributed by atoms with Crippen molar-refractivity contribution in [3.8, 4) is 11.5 Å². The van der Waals surface area contributed by atoms with Crippen LogP contribution in [0.3, 0.4) is 0 Å². The first-order valence-electron chi connectivity index (χ1n) is 12.3. The highest BCUT2D eigenvalue weighted by atomic mass is 35.5. The number of sulfone groups is 1. The molecule has 1 fully saturated rings. The molecule has 0 aliphatic carbocycles. The summed E-state index contributed by atoms with van der Waals surface area (Å²) in [7, 11) is -4.18. The smallest absolute Gasteiger partial charge is 0.261 e. The number of aliphatic hydroxyl groups is 1. The Kier molecular flexibility index (Phi) is 7.65. The van der Waals surface area contributed by atoms with E-state index < -0.39 is 63.1 Å². The van der Waals surface area contributed by atoms with Gasteiger partial charge in [-0.3, -0.25) is 9.69 Å². The van der Waals surface area contributed by atoms with Crippen LogP contribution < -0.4 is 10.6 Å². The van der Waals surface area contributed by atoms with Gasteiger partial charge in [0, 0.05) is 24.5 Å². The number of likely N-dealkylation sites (tertiary alicyclic amines) is 1. The number of nitrogens with two attached hydrogens (primary N) is 1. The van der Waals surface area contributed by atoms with Crippen LogP contribution in [0.2, 0.25) is 5.02 Å². The quantitative estimate of drug-likeness (QED) is 0.437. The molecule has 2 aromatic carbocycles. The van der Waals surface area contributed by atoms with Crippen LogP contribution in [-0.2, 0) is 21.2 Å². The van der Waals surface area contributed by atoms with Gasteiger partial charge in [0.1, 0.15) is 5.82 Å². The predicted octanol–water partition coefficient (Wildman–Crippen LogP) is 2.59. The first-order valence-corrected chi connectivity index (χ1v) is 14.3. The Morgan fingerprint density at radius 3 is 2.62 bits per heavy atom. The lowest BCUT2D eigenvalue weighted by atomic mass is 9.95. The van der Waals surface area contributed by atoms with E-state index in [1.165, 1.54) is 4.90 Å². The van der Waals surface area contributed by atoms with E-state index >= 15 is 4.39 Å². The number of fused-ring (bicyclic) bond motifs is 1. The van der Waals surface area contributed by atoms with E-state index in [1.54, 1.807) is 24.3 Å². The molecule has 5 rings (SSSR count). The van der Waals surface area contributed by atoms with Gasteiger partial charge in [-0.1, -0.05) is 23.7 Å². The average molecular weight is 600 g/mol. The van der Waals surface area contributed by atoms with Crippen molar-refractivity contribution in [2.24, 2.45) is 5.73 Å². The summed E-state index contributed by atoms with van der Waals surface area (Å²) in [5.74, 6) is -6.94.